The van der Waals surface area contributed by atoms with Crippen molar-refractivity contribution in [2.45, 2.75) is 13.1 Å². The largest absolute Gasteiger partial charge is 0.419 e. The van der Waals surface area contributed by atoms with Gasteiger partial charge >= 0.3 is 0 Å². The molecule has 0 amide bonds. The number of rotatable bonds is 3. The van der Waals surface area contributed by atoms with Crippen LogP contribution < -0.4 is 0 Å². The van der Waals surface area contributed by atoms with Crippen LogP contribution in [-0.4, -0.2) is 33.6 Å². The summed E-state index contributed by atoms with van der Waals surface area (Å²) >= 11 is 0. The first-order valence-electron chi connectivity index (χ1n) is 3.22. The van der Waals surface area contributed by atoms with Gasteiger partial charge in [0.05, 0.1) is 6.17 Å². The second-order valence-electron chi connectivity index (χ2n) is 2.83. The standard InChI is InChI=1S/C5H13NO3Si/c1-7-10(2,3)4-6-8-5-9-6/h4-5H2,1-3H3. The van der Waals surface area contributed by atoms with Gasteiger partial charge in [-0.15, -0.1) is 0 Å². The third-order valence-electron chi connectivity index (χ3n) is 1.46. The number of hydrogen-bond acceptors (Lipinski definition) is 4. The summed E-state index contributed by atoms with van der Waals surface area (Å²) in [6.07, 6.45) is 0.767. The Balaban J connectivity index is 2.21. The van der Waals surface area contributed by atoms with Crippen LogP contribution in [0.4, 0.5) is 0 Å². The third-order valence-corrected chi connectivity index (χ3v) is 3.58. The van der Waals surface area contributed by atoms with Gasteiger partial charge in [-0.25, -0.2) is 9.68 Å². The molecule has 0 unspecified atom stereocenters. The zero-order valence-corrected chi connectivity index (χ0v) is 7.59. The lowest BCUT2D eigenvalue weighted by molar-refractivity contribution is -0.513. The van der Waals surface area contributed by atoms with Crippen molar-refractivity contribution in [2.24, 2.45) is 0 Å². The molecule has 1 saturated heterocycles. The van der Waals surface area contributed by atoms with E-state index in [4.69, 9.17) is 14.1 Å². The van der Waals surface area contributed by atoms with Crippen LogP contribution in [-0.2, 0) is 14.1 Å². The van der Waals surface area contributed by atoms with Crippen molar-refractivity contribution < 1.29 is 14.1 Å². The Morgan fingerprint density at radius 2 is 2.10 bits per heavy atom. The highest BCUT2D eigenvalue weighted by molar-refractivity contribution is 6.71. The summed E-state index contributed by atoms with van der Waals surface area (Å²) in [6.45, 7) is 4.60. The summed E-state index contributed by atoms with van der Waals surface area (Å²) in [5.41, 5.74) is 0. The van der Waals surface area contributed by atoms with Gasteiger partial charge in [-0.3, -0.25) is 0 Å². The first-order valence-corrected chi connectivity index (χ1v) is 6.34. The Morgan fingerprint density at radius 1 is 1.50 bits per heavy atom. The Morgan fingerprint density at radius 3 is 2.40 bits per heavy atom. The second kappa shape index (κ2) is 2.98. The molecular formula is C5H13NO3Si. The van der Waals surface area contributed by atoms with Gasteiger partial charge in [-0.1, -0.05) is 5.23 Å². The molecule has 0 aromatic heterocycles. The lowest BCUT2D eigenvalue weighted by atomic mass is 11.3. The number of nitrogens with zero attached hydrogens (tertiary/aromatic N) is 1. The zero-order valence-electron chi connectivity index (χ0n) is 6.59. The number of hydroxylamine groups is 2. The lowest BCUT2D eigenvalue weighted by Crippen LogP contribution is -2.49. The lowest BCUT2D eigenvalue weighted by Gasteiger charge is -2.33. The maximum atomic E-state index is 5.28. The van der Waals surface area contributed by atoms with Crippen LogP contribution in [0.15, 0.2) is 0 Å². The average Bonchev–Trinajstić information content (AvgIpc) is 1.80. The molecule has 1 aliphatic heterocycles. The molecule has 1 heterocycles. The van der Waals surface area contributed by atoms with E-state index in [1.54, 1.807) is 7.11 Å². The predicted octanol–water partition coefficient (Wildman–Crippen LogP) is 0.513. The smallest absolute Gasteiger partial charge is 0.204 e. The van der Waals surface area contributed by atoms with Crippen LogP contribution in [0.25, 0.3) is 0 Å². The third kappa shape index (κ3) is 2.03. The van der Waals surface area contributed by atoms with Gasteiger partial charge in [-0.05, 0) is 13.1 Å². The zero-order chi connectivity index (χ0) is 7.61. The molecule has 1 fully saturated rings. The van der Waals surface area contributed by atoms with Crippen molar-refractivity contribution in [2.75, 3.05) is 20.1 Å². The summed E-state index contributed by atoms with van der Waals surface area (Å²) in [7, 11) is 0.194. The molecule has 0 atom stereocenters. The van der Waals surface area contributed by atoms with Crippen molar-refractivity contribution in [1.29, 1.82) is 0 Å². The van der Waals surface area contributed by atoms with Crippen LogP contribution in [0.2, 0.25) is 13.1 Å². The van der Waals surface area contributed by atoms with E-state index in [1.165, 1.54) is 5.23 Å². The summed E-state index contributed by atoms with van der Waals surface area (Å²) in [5, 5.41) is 1.48. The Labute approximate surface area is 61.7 Å². The molecule has 0 bridgehead atoms. The van der Waals surface area contributed by atoms with Gasteiger partial charge in [0.25, 0.3) is 0 Å². The van der Waals surface area contributed by atoms with Gasteiger partial charge in [0, 0.05) is 7.11 Å². The van der Waals surface area contributed by atoms with E-state index < -0.39 is 8.32 Å². The fourth-order valence-electron chi connectivity index (χ4n) is 0.594. The van der Waals surface area contributed by atoms with Crippen LogP contribution in [0.5, 0.6) is 0 Å². The molecule has 5 heteroatoms. The van der Waals surface area contributed by atoms with Gasteiger partial charge in [0.2, 0.25) is 8.32 Å². The van der Waals surface area contributed by atoms with Gasteiger partial charge < -0.3 is 4.43 Å². The Kier molecular flexibility index (Phi) is 2.43. The van der Waals surface area contributed by atoms with Crippen molar-refractivity contribution >= 4 is 8.32 Å². The Hall–Kier alpha value is 0.0569. The van der Waals surface area contributed by atoms with Crippen molar-refractivity contribution in [3.05, 3.63) is 0 Å². The summed E-state index contributed by atoms with van der Waals surface area (Å²) in [6, 6.07) is 0. The highest BCUT2D eigenvalue weighted by Crippen LogP contribution is 2.11. The van der Waals surface area contributed by atoms with Crippen LogP contribution in [0.1, 0.15) is 0 Å². The van der Waals surface area contributed by atoms with Crippen LogP contribution in [0.3, 0.4) is 0 Å². The van der Waals surface area contributed by atoms with E-state index >= 15 is 0 Å². The van der Waals surface area contributed by atoms with Crippen molar-refractivity contribution in [3.63, 3.8) is 0 Å². The maximum absolute atomic E-state index is 5.28. The predicted molar refractivity (Wildman–Crippen MR) is 38.2 cm³/mol. The molecule has 0 radical (unpaired) electrons. The molecule has 0 aliphatic carbocycles. The van der Waals surface area contributed by atoms with Crippen molar-refractivity contribution in [3.8, 4) is 0 Å². The molecule has 1 rings (SSSR count). The minimum Gasteiger partial charge on any atom is -0.419 e. The van der Waals surface area contributed by atoms with E-state index in [0.717, 1.165) is 6.17 Å². The molecule has 1 aliphatic rings. The minimum absolute atomic E-state index is 0.383. The molecule has 0 aromatic rings. The second-order valence-corrected chi connectivity index (χ2v) is 7.07. The molecule has 0 N–H and O–H groups in total. The Bertz CT molecular complexity index is 115. The van der Waals surface area contributed by atoms with E-state index in [-0.39, 0.29) is 0 Å². The number of hydrogen-bond donors (Lipinski definition) is 0. The SMILES string of the molecule is CO[Si](C)(C)CN1OCO1. The topological polar surface area (TPSA) is 30.9 Å². The summed E-state index contributed by atoms with van der Waals surface area (Å²) in [4.78, 5) is 9.87. The van der Waals surface area contributed by atoms with Crippen LogP contribution in [0, 0.1) is 0 Å². The van der Waals surface area contributed by atoms with E-state index in [2.05, 4.69) is 13.1 Å². The molecule has 0 aromatic carbocycles. The first kappa shape index (κ1) is 8.16. The maximum Gasteiger partial charge on any atom is 0.204 e. The molecule has 0 spiro atoms. The van der Waals surface area contributed by atoms with E-state index in [9.17, 15) is 0 Å². The van der Waals surface area contributed by atoms with E-state index in [1.807, 2.05) is 0 Å². The monoisotopic (exact) mass is 163 g/mol. The fourth-order valence-corrected chi connectivity index (χ4v) is 1.53. The van der Waals surface area contributed by atoms with Gasteiger partial charge in [0.15, 0.2) is 6.79 Å². The quantitative estimate of drug-likeness (QED) is 0.567. The first-order chi connectivity index (χ1) is 4.64. The fraction of sp³-hybridized carbons (Fsp3) is 1.00. The molecule has 4 nitrogen and oxygen atoms in total. The molecule has 60 valence electrons. The highest BCUT2D eigenvalue weighted by Gasteiger charge is 2.29. The van der Waals surface area contributed by atoms with Gasteiger partial charge in [0.1, 0.15) is 0 Å². The van der Waals surface area contributed by atoms with E-state index in [0.29, 0.717) is 6.79 Å². The summed E-state index contributed by atoms with van der Waals surface area (Å²) < 4.78 is 5.28. The normalized spacial score (nSPS) is 20.7. The molecular weight excluding hydrogens is 150 g/mol. The summed E-state index contributed by atoms with van der Waals surface area (Å²) in [5.74, 6) is 0. The minimum atomic E-state index is -1.53. The molecule has 0 saturated carbocycles. The van der Waals surface area contributed by atoms with Gasteiger partial charge in [-0.2, -0.15) is 0 Å². The van der Waals surface area contributed by atoms with Crippen molar-refractivity contribution in [1.82, 2.24) is 5.23 Å². The highest BCUT2D eigenvalue weighted by atomic mass is 28.4. The average molecular weight is 163 g/mol. The van der Waals surface area contributed by atoms with Crippen LogP contribution >= 0.6 is 0 Å². The molecule has 10 heavy (non-hydrogen) atoms.